The lowest BCUT2D eigenvalue weighted by Gasteiger charge is -2.22. The minimum atomic E-state index is -4.01. The monoisotopic (exact) mass is 303 g/mol. The van der Waals surface area contributed by atoms with Crippen molar-refractivity contribution in [3.63, 3.8) is 0 Å². The van der Waals surface area contributed by atoms with E-state index in [-0.39, 0.29) is 18.2 Å². The third-order valence-corrected chi connectivity index (χ3v) is 5.20. The molecular formula is C12H14FNO5S. The number of hydrogen-bond donors (Lipinski definition) is 1. The van der Waals surface area contributed by atoms with Gasteiger partial charge in [-0.15, -0.1) is 0 Å². The van der Waals surface area contributed by atoms with Gasteiger partial charge in [0.05, 0.1) is 18.2 Å². The van der Waals surface area contributed by atoms with Gasteiger partial charge < -0.3 is 9.84 Å². The third-order valence-electron chi connectivity index (χ3n) is 3.26. The van der Waals surface area contributed by atoms with Crippen LogP contribution >= 0.6 is 0 Å². The summed E-state index contributed by atoms with van der Waals surface area (Å²) in [6.45, 7) is 0.732. The summed E-state index contributed by atoms with van der Waals surface area (Å²) < 4.78 is 44.6. The van der Waals surface area contributed by atoms with Crippen LogP contribution in [0.15, 0.2) is 23.1 Å². The second-order valence-corrected chi connectivity index (χ2v) is 6.45. The second-order valence-electron chi connectivity index (χ2n) is 4.49. The molecule has 1 fully saturated rings. The Morgan fingerprint density at radius 3 is 2.70 bits per heavy atom. The van der Waals surface area contributed by atoms with Crippen LogP contribution in [-0.4, -0.2) is 50.1 Å². The lowest BCUT2D eigenvalue weighted by molar-refractivity contribution is 0.0696. The fraction of sp³-hybridized carbons (Fsp3) is 0.417. The van der Waals surface area contributed by atoms with Crippen molar-refractivity contribution in [2.75, 3.05) is 20.3 Å². The highest BCUT2D eigenvalue weighted by molar-refractivity contribution is 7.89. The SMILES string of the molecule is CN(C1CCOC1)S(=O)(=O)c1ccc(C(=O)O)cc1F. The fourth-order valence-electron chi connectivity index (χ4n) is 2.00. The van der Waals surface area contributed by atoms with Crippen LogP contribution in [0.2, 0.25) is 0 Å². The minimum Gasteiger partial charge on any atom is -0.478 e. The van der Waals surface area contributed by atoms with Gasteiger partial charge in [0.25, 0.3) is 0 Å². The molecule has 0 saturated carbocycles. The first-order chi connectivity index (χ1) is 9.34. The molecule has 20 heavy (non-hydrogen) atoms. The van der Waals surface area contributed by atoms with Crippen LogP contribution < -0.4 is 0 Å². The highest BCUT2D eigenvalue weighted by atomic mass is 32.2. The topological polar surface area (TPSA) is 83.9 Å². The van der Waals surface area contributed by atoms with Gasteiger partial charge in [0.15, 0.2) is 0 Å². The van der Waals surface area contributed by atoms with E-state index in [0.29, 0.717) is 19.1 Å². The molecule has 1 aromatic carbocycles. The Balaban J connectivity index is 2.36. The van der Waals surface area contributed by atoms with E-state index in [1.807, 2.05) is 0 Å². The Labute approximate surface area is 115 Å². The van der Waals surface area contributed by atoms with Gasteiger partial charge in [0.2, 0.25) is 10.0 Å². The van der Waals surface area contributed by atoms with Crippen molar-refractivity contribution in [3.05, 3.63) is 29.6 Å². The number of carboxylic acid groups (broad SMARTS) is 1. The molecule has 1 aliphatic heterocycles. The Hall–Kier alpha value is -1.51. The number of carbonyl (C=O) groups is 1. The molecule has 0 aromatic heterocycles. The number of ether oxygens (including phenoxy) is 1. The molecule has 1 saturated heterocycles. The lowest BCUT2D eigenvalue weighted by atomic mass is 10.2. The highest BCUT2D eigenvalue weighted by Crippen LogP contribution is 2.23. The van der Waals surface area contributed by atoms with Crippen molar-refractivity contribution >= 4 is 16.0 Å². The summed E-state index contributed by atoms with van der Waals surface area (Å²) in [5.74, 6) is -2.39. The summed E-state index contributed by atoms with van der Waals surface area (Å²) in [5.41, 5.74) is -0.298. The molecule has 2 rings (SSSR count). The molecule has 8 heteroatoms. The molecule has 0 amide bonds. The smallest absolute Gasteiger partial charge is 0.335 e. The quantitative estimate of drug-likeness (QED) is 0.894. The summed E-state index contributed by atoms with van der Waals surface area (Å²) in [4.78, 5) is 10.2. The first-order valence-corrected chi connectivity index (χ1v) is 7.36. The number of benzene rings is 1. The van der Waals surface area contributed by atoms with Crippen molar-refractivity contribution in [3.8, 4) is 0 Å². The van der Waals surface area contributed by atoms with Crippen molar-refractivity contribution in [2.45, 2.75) is 17.4 Å². The molecule has 110 valence electrons. The van der Waals surface area contributed by atoms with Crippen molar-refractivity contribution < 1.29 is 27.4 Å². The van der Waals surface area contributed by atoms with Gasteiger partial charge in [-0.05, 0) is 24.6 Å². The zero-order valence-corrected chi connectivity index (χ0v) is 11.6. The average Bonchev–Trinajstić information content (AvgIpc) is 2.90. The number of carboxylic acids is 1. The molecule has 1 aromatic rings. The maximum Gasteiger partial charge on any atom is 0.335 e. The first-order valence-electron chi connectivity index (χ1n) is 5.92. The number of nitrogens with zero attached hydrogens (tertiary/aromatic N) is 1. The van der Waals surface area contributed by atoms with Crippen LogP contribution in [0.5, 0.6) is 0 Å². The Morgan fingerprint density at radius 2 is 2.20 bits per heavy atom. The van der Waals surface area contributed by atoms with E-state index in [2.05, 4.69) is 0 Å². The van der Waals surface area contributed by atoms with Gasteiger partial charge in [0.1, 0.15) is 10.7 Å². The summed E-state index contributed by atoms with van der Waals surface area (Å²) in [6, 6.07) is 2.41. The van der Waals surface area contributed by atoms with E-state index in [9.17, 15) is 17.6 Å². The molecule has 1 aliphatic rings. The lowest BCUT2D eigenvalue weighted by Crippen LogP contribution is -2.37. The van der Waals surface area contributed by atoms with E-state index in [1.54, 1.807) is 0 Å². The molecule has 0 bridgehead atoms. The predicted octanol–water partition coefficient (Wildman–Crippen LogP) is 0.933. The molecule has 1 atom stereocenters. The largest absolute Gasteiger partial charge is 0.478 e. The van der Waals surface area contributed by atoms with Crippen molar-refractivity contribution in [2.24, 2.45) is 0 Å². The molecule has 1 unspecified atom stereocenters. The first kappa shape index (κ1) is 14.9. The highest BCUT2D eigenvalue weighted by Gasteiger charge is 2.32. The standard InChI is InChI=1S/C12H14FNO5S/c1-14(9-4-5-19-7-9)20(17,18)11-3-2-8(12(15)16)6-10(11)13/h2-3,6,9H,4-5,7H2,1H3,(H,15,16). The van der Waals surface area contributed by atoms with Crippen LogP contribution in [0.3, 0.4) is 0 Å². The molecule has 1 N–H and O–H groups in total. The van der Waals surface area contributed by atoms with Gasteiger partial charge in [0, 0.05) is 13.7 Å². The third kappa shape index (κ3) is 2.67. The fourth-order valence-corrected chi connectivity index (χ4v) is 3.42. The van der Waals surface area contributed by atoms with E-state index < -0.39 is 26.7 Å². The maximum atomic E-state index is 13.9. The van der Waals surface area contributed by atoms with Gasteiger partial charge >= 0.3 is 5.97 Å². The van der Waals surface area contributed by atoms with Gasteiger partial charge in [-0.3, -0.25) is 0 Å². The van der Waals surface area contributed by atoms with Crippen LogP contribution in [0.1, 0.15) is 16.8 Å². The molecule has 0 aliphatic carbocycles. The van der Waals surface area contributed by atoms with Gasteiger partial charge in [-0.2, -0.15) is 4.31 Å². The predicted molar refractivity (Wildman–Crippen MR) is 67.5 cm³/mol. The van der Waals surface area contributed by atoms with Crippen molar-refractivity contribution in [1.82, 2.24) is 4.31 Å². The average molecular weight is 303 g/mol. The molecule has 1 heterocycles. The maximum absolute atomic E-state index is 13.9. The summed E-state index contributed by atoms with van der Waals surface area (Å²) in [5, 5.41) is 8.74. The Morgan fingerprint density at radius 1 is 1.50 bits per heavy atom. The van der Waals surface area contributed by atoms with Crippen molar-refractivity contribution in [1.29, 1.82) is 0 Å². The normalized spacial score (nSPS) is 19.4. The van der Waals surface area contributed by atoms with E-state index in [1.165, 1.54) is 7.05 Å². The van der Waals surface area contributed by atoms with Gasteiger partial charge in [-0.25, -0.2) is 17.6 Å². The summed E-state index contributed by atoms with van der Waals surface area (Å²) in [6.07, 6.45) is 0.546. The summed E-state index contributed by atoms with van der Waals surface area (Å²) >= 11 is 0. The van der Waals surface area contributed by atoms with Gasteiger partial charge in [-0.1, -0.05) is 0 Å². The Kier molecular flexibility index (Phi) is 4.07. The van der Waals surface area contributed by atoms with E-state index >= 15 is 0 Å². The van der Waals surface area contributed by atoms with E-state index in [0.717, 1.165) is 16.4 Å². The number of aromatic carboxylic acids is 1. The second kappa shape index (κ2) is 5.47. The van der Waals surface area contributed by atoms with Crippen LogP contribution in [0, 0.1) is 5.82 Å². The van der Waals surface area contributed by atoms with Crippen LogP contribution in [-0.2, 0) is 14.8 Å². The number of likely N-dealkylation sites (N-methyl/N-ethyl adjacent to an activating group) is 1. The number of hydrogen-bond acceptors (Lipinski definition) is 4. The number of rotatable bonds is 4. The molecule has 0 spiro atoms. The zero-order valence-electron chi connectivity index (χ0n) is 10.7. The molecule has 6 nitrogen and oxygen atoms in total. The number of halogens is 1. The Bertz CT molecular complexity index is 625. The molecule has 0 radical (unpaired) electrons. The number of sulfonamides is 1. The zero-order chi connectivity index (χ0) is 14.9. The van der Waals surface area contributed by atoms with E-state index in [4.69, 9.17) is 9.84 Å². The minimum absolute atomic E-state index is 0.268. The van der Waals surface area contributed by atoms with Crippen LogP contribution in [0.4, 0.5) is 4.39 Å². The summed E-state index contributed by atoms with van der Waals surface area (Å²) in [7, 11) is -2.65. The molecular weight excluding hydrogens is 289 g/mol. The van der Waals surface area contributed by atoms with Crippen LogP contribution in [0.25, 0.3) is 0 Å².